The second-order valence-corrected chi connectivity index (χ2v) is 11.4. The zero-order valence-electron chi connectivity index (χ0n) is 20.2. The Hall–Kier alpha value is -3.15. The van der Waals surface area contributed by atoms with Crippen LogP contribution in [-0.4, -0.2) is 35.3 Å². The van der Waals surface area contributed by atoms with Gasteiger partial charge in [-0.1, -0.05) is 60.7 Å². The topological polar surface area (TPSA) is 78.5 Å². The molecule has 0 aromatic heterocycles. The normalized spacial score (nSPS) is 31.3. The smallest absolute Gasteiger partial charge is 0.326 e. The number of hydrogen-bond acceptors (Lipinski definition) is 3. The summed E-state index contributed by atoms with van der Waals surface area (Å²) >= 11 is 0. The summed E-state index contributed by atoms with van der Waals surface area (Å²) in [6.07, 6.45) is 7.62. The number of rotatable bonds is 6. The van der Waals surface area contributed by atoms with Gasteiger partial charge in [-0.15, -0.1) is 0 Å². The number of carbonyl (C=O) groups excluding carboxylic acids is 3. The number of urea groups is 1. The molecule has 4 aliphatic carbocycles. The largest absolute Gasteiger partial charge is 0.352 e. The third-order valence-electron chi connectivity index (χ3n) is 9.20. The van der Waals surface area contributed by atoms with E-state index >= 15 is 0 Å². The van der Waals surface area contributed by atoms with E-state index in [0.29, 0.717) is 11.1 Å². The molecule has 35 heavy (non-hydrogen) atoms. The molecule has 4 bridgehead atoms. The first-order valence-electron chi connectivity index (χ1n) is 12.9. The predicted molar refractivity (Wildman–Crippen MR) is 132 cm³/mol. The summed E-state index contributed by atoms with van der Waals surface area (Å²) in [4.78, 5) is 41.2. The molecule has 2 aromatic rings. The highest BCUT2D eigenvalue weighted by Gasteiger charge is 2.55. The Morgan fingerprint density at radius 3 is 1.89 bits per heavy atom. The van der Waals surface area contributed by atoms with E-state index in [-0.39, 0.29) is 23.9 Å². The van der Waals surface area contributed by atoms with Crippen LogP contribution >= 0.6 is 0 Å². The zero-order chi connectivity index (χ0) is 24.2. The molecule has 0 radical (unpaired) electrons. The van der Waals surface area contributed by atoms with Gasteiger partial charge in [0.25, 0.3) is 5.91 Å². The summed E-state index contributed by atoms with van der Waals surface area (Å²) in [6, 6.07) is 18.0. The molecule has 5 fully saturated rings. The van der Waals surface area contributed by atoms with Gasteiger partial charge in [-0.05, 0) is 79.7 Å². The monoisotopic (exact) mass is 471 g/mol. The van der Waals surface area contributed by atoms with Gasteiger partial charge in [-0.2, -0.15) is 0 Å². The van der Waals surface area contributed by atoms with E-state index in [4.69, 9.17) is 0 Å². The van der Waals surface area contributed by atoms with E-state index in [0.717, 1.165) is 22.7 Å². The highest BCUT2D eigenvalue weighted by Crippen LogP contribution is 2.61. The van der Waals surface area contributed by atoms with Gasteiger partial charge in [0.05, 0.1) is 0 Å². The van der Waals surface area contributed by atoms with E-state index in [1.54, 1.807) is 0 Å². The van der Waals surface area contributed by atoms with E-state index < -0.39 is 17.5 Å². The number of carbonyl (C=O) groups is 3. The molecule has 5 aliphatic rings. The number of benzene rings is 2. The van der Waals surface area contributed by atoms with Crippen LogP contribution in [0, 0.1) is 23.2 Å². The van der Waals surface area contributed by atoms with E-state index in [9.17, 15) is 14.4 Å². The van der Waals surface area contributed by atoms with Crippen molar-refractivity contribution in [1.29, 1.82) is 0 Å². The Labute approximate surface area is 206 Å². The van der Waals surface area contributed by atoms with Crippen LogP contribution in [0.5, 0.6) is 0 Å². The molecule has 6 nitrogen and oxygen atoms in total. The lowest BCUT2D eigenvalue weighted by molar-refractivity contribution is -0.135. The second-order valence-electron chi connectivity index (χ2n) is 11.4. The molecule has 0 spiro atoms. The summed E-state index contributed by atoms with van der Waals surface area (Å²) in [6.45, 7) is 1.85. The minimum absolute atomic E-state index is 0.0390. The lowest BCUT2D eigenvalue weighted by Gasteiger charge is -2.59. The van der Waals surface area contributed by atoms with Gasteiger partial charge in [0, 0.05) is 6.04 Å². The Kier molecular flexibility index (Phi) is 5.24. The maximum Gasteiger partial charge on any atom is 0.326 e. The molecule has 4 amide bonds. The molecule has 2 aromatic carbocycles. The lowest BCUT2D eigenvalue weighted by atomic mass is 9.48. The number of nitrogens with zero attached hydrogens (tertiary/aromatic N) is 1. The highest BCUT2D eigenvalue weighted by atomic mass is 16.2. The van der Waals surface area contributed by atoms with Gasteiger partial charge in [-0.3, -0.25) is 14.5 Å². The Balaban J connectivity index is 1.22. The maximum atomic E-state index is 13.8. The van der Waals surface area contributed by atoms with Crippen LogP contribution in [0.25, 0.3) is 0 Å². The van der Waals surface area contributed by atoms with Crippen LogP contribution in [-0.2, 0) is 15.1 Å². The van der Waals surface area contributed by atoms with E-state index in [2.05, 4.69) is 17.6 Å². The quantitative estimate of drug-likeness (QED) is 0.620. The SMILES string of the molecule is CC(NC(=O)CN1C(=O)NC(c2ccccc2)(c2ccccc2)C1=O)C12CC3CC(CC(C3)C1)C2. The lowest BCUT2D eigenvalue weighted by Crippen LogP contribution is -2.57. The number of nitrogens with one attached hydrogen (secondary N) is 2. The summed E-state index contributed by atoms with van der Waals surface area (Å²) in [7, 11) is 0. The van der Waals surface area contributed by atoms with Crippen LogP contribution in [0.2, 0.25) is 0 Å². The van der Waals surface area contributed by atoms with Gasteiger partial charge >= 0.3 is 6.03 Å². The fourth-order valence-corrected chi connectivity index (χ4v) is 7.95. The zero-order valence-corrected chi connectivity index (χ0v) is 20.2. The molecule has 6 heteroatoms. The van der Waals surface area contributed by atoms with Crippen molar-refractivity contribution < 1.29 is 14.4 Å². The molecular weight excluding hydrogens is 438 g/mol. The highest BCUT2D eigenvalue weighted by molar-refractivity contribution is 6.11. The first-order valence-corrected chi connectivity index (χ1v) is 12.9. The third-order valence-corrected chi connectivity index (χ3v) is 9.20. The minimum atomic E-state index is -1.34. The van der Waals surface area contributed by atoms with Gasteiger partial charge in [-0.25, -0.2) is 4.79 Å². The molecule has 7 rings (SSSR count). The number of amides is 4. The molecular formula is C29H33N3O3. The van der Waals surface area contributed by atoms with Crippen molar-refractivity contribution in [3.8, 4) is 0 Å². The first kappa shape index (κ1) is 22.3. The molecule has 4 saturated carbocycles. The first-order chi connectivity index (χ1) is 16.9. The molecule has 1 atom stereocenters. The van der Waals surface area contributed by atoms with Crippen LogP contribution in [0.1, 0.15) is 56.6 Å². The van der Waals surface area contributed by atoms with Crippen molar-refractivity contribution in [3.63, 3.8) is 0 Å². The van der Waals surface area contributed by atoms with E-state index in [1.165, 1.54) is 38.5 Å². The Morgan fingerprint density at radius 2 is 1.40 bits per heavy atom. The predicted octanol–water partition coefficient (Wildman–Crippen LogP) is 4.20. The van der Waals surface area contributed by atoms with Gasteiger partial charge in [0.15, 0.2) is 5.54 Å². The summed E-state index contributed by atoms with van der Waals surface area (Å²) in [5, 5.41) is 6.12. The Bertz CT molecular complexity index is 1070. The minimum Gasteiger partial charge on any atom is -0.352 e. The summed E-state index contributed by atoms with van der Waals surface area (Å²) in [5.41, 5.74) is 0.175. The molecule has 2 N–H and O–H groups in total. The van der Waals surface area contributed by atoms with Gasteiger partial charge in [0.2, 0.25) is 5.91 Å². The van der Waals surface area contributed by atoms with Gasteiger partial charge < -0.3 is 10.6 Å². The number of imide groups is 1. The van der Waals surface area contributed by atoms with Crippen molar-refractivity contribution in [2.24, 2.45) is 23.2 Å². The Morgan fingerprint density at radius 1 is 0.914 bits per heavy atom. The van der Waals surface area contributed by atoms with Crippen molar-refractivity contribution >= 4 is 17.8 Å². The van der Waals surface area contributed by atoms with Crippen LogP contribution < -0.4 is 10.6 Å². The van der Waals surface area contributed by atoms with Crippen molar-refractivity contribution in [2.45, 2.75) is 57.0 Å². The number of hydrogen-bond donors (Lipinski definition) is 2. The van der Waals surface area contributed by atoms with Gasteiger partial charge in [0.1, 0.15) is 6.54 Å². The van der Waals surface area contributed by atoms with Crippen molar-refractivity contribution in [3.05, 3.63) is 71.8 Å². The van der Waals surface area contributed by atoms with Crippen LogP contribution in [0.15, 0.2) is 60.7 Å². The summed E-state index contributed by atoms with van der Waals surface area (Å²) in [5.74, 6) is 1.70. The third kappa shape index (κ3) is 3.57. The average Bonchev–Trinajstić information content (AvgIpc) is 3.10. The average molecular weight is 472 g/mol. The fraction of sp³-hybridized carbons (Fsp3) is 0.483. The van der Waals surface area contributed by atoms with Crippen LogP contribution in [0.3, 0.4) is 0 Å². The summed E-state index contributed by atoms with van der Waals surface area (Å²) < 4.78 is 0. The van der Waals surface area contributed by atoms with Crippen molar-refractivity contribution in [2.75, 3.05) is 6.54 Å². The molecule has 1 unspecified atom stereocenters. The second kappa shape index (κ2) is 8.21. The van der Waals surface area contributed by atoms with Crippen LogP contribution in [0.4, 0.5) is 4.79 Å². The maximum absolute atomic E-state index is 13.8. The molecule has 1 heterocycles. The molecule has 1 aliphatic heterocycles. The molecule has 182 valence electrons. The fourth-order valence-electron chi connectivity index (χ4n) is 7.95. The van der Waals surface area contributed by atoms with Crippen molar-refractivity contribution in [1.82, 2.24) is 15.5 Å². The van der Waals surface area contributed by atoms with E-state index in [1.807, 2.05) is 60.7 Å². The molecule has 1 saturated heterocycles. The standard InChI is InChI=1S/C29H33N3O3/c1-19(28-15-20-12-21(16-28)14-22(13-20)17-28)30-25(33)18-32-26(34)29(31-27(32)35,23-8-4-2-5-9-23)24-10-6-3-7-11-24/h2-11,19-22H,12-18H2,1H3,(H,30,33)(H,31,35).